The lowest BCUT2D eigenvalue weighted by Crippen LogP contribution is -2.52. The summed E-state index contributed by atoms with van der Waals surface area (Å²) in [5.41, 5.74) is 6.23. The second-order valence-corrected chi connectivity index (χ2v) is 19.2. The second kappa shape index (κ2) is 14.2. The third kappa shape index (κ3) is 7.28. The first kappa shape index (κ1) is 33.1. The summed E-state index contributed by atoms with van der Waals surface area (Å²) in [6.45, 7) is 6.94. The molecule has 2 aromatic rings. The molecule has 5 heteroatoms. The highest BCUT2D eigenvalue weighted by atomic mass is 33.1. The van der Waals surface area contributed by atoms with Crippen LogP contribution in [0.1, 0.15) is 93.9 Å². The number of hydrogen-bond donors (Lipinski definition) is 3. The van der Waals surface area contributed by atoms with E-state index in [1.165, 1.54) is 92.3 Å². The van der Waals surface area contributed by atoms with Crippen LogP contribution in [0.4, 0.5) is 0 Å². The van der Waals surface area contributed by atoms with E-state index in [9.17, 15) is 5.11 Å². The number of rotatable bonds is 2. The zero-order chi connectivity index (χ0) is 31.7. The first-order chi connectivity index (χ1) is 22.3. The van der Waals surface area contributed by atoms with Gasteiger partial charge < -0.3 is 15.7 Å². The fourth-order valence-electron chi connectivity index (χ4n) is 11.2. The minimum absolute atomic E-state index is 0.370. The third-order valence-electron chi connectivity index (χ3n) is 12.9. The second-order valence-electron chi connectivity index (χ2n) is 16.6. The summed E-state index contributed by atoms with van der Waals surface area (Å²) in [4.78, 5) is 0. The fourth-order valence-corrected chi connectivity index (χ4v) is 14.0. The highest BCUT2D eigenvalue weighted by molar-refractivity contribution is 8.76. The molecule has 4 bridgehead atoms. The van der Waals surface area contributed by atoms with Gasteiger partial charge in [0.2, 0.25) is 0 Å². The highest BCUT2D eigenvalue weighted by Gasteiger charge is 2.58. The van der Waals surface area contributed by atoms with E-state index in [4.69, 9.17) is 0 Å². The van der Waals surface area contributed by atoms with Crippen LogP contribution >= 0.6 is 21.6 Å². The van der Waals surface area contributed by atoms with Crippen molar-refractivity contribution in [1.29, 1.82) is 0 Å². The minimum Gasteiger partial charge on any atom is -0.508 e. The van der Waals surface area contributed by atoms with Gasteiger partial charge in [-0.15, -0.1) is 0 Å². The van der Waals surface area contributed by atoms with Gasteiger partial charge in [-0.3, -0.25) is 0 Å². The Bertz CT molecular complexity index is 1380. The fraction of sp³-hybridized carbons (Fsp3) is 0.659. The molecule has 3 saturated carbocycles. The number of nitrogens with one attached hydrogen (secondary N) is 2. The first-order valence-corrected chi connectivity index (χ1v) is 21.0. The van der Waals surface area contributed by atoms with E-state index < -0.39 is 0 Å². The average molecular weight is 659 g/mol. The molecule has 0 saturated heterocycles. The van der Waals surface area contributed by atoms with Crippen LogP contribution in [0.2, 0.25) is 0 Å². The SMILES string of the molecule is CNC[C@@H]1CC[C@]2(C1)C[C@@H]1[C@H]3Cc4cc(O)cc(c4)Cc4ccccc4CN[C@H](C)CSSC[C@@H](C3)C[C@@H]1[C@]1(C=CC[C@H](C)C1)C2. The van der Waals surface area contributed by atoms with Crippen LogP contribution in [-0.4, -0.2) is 36.2 Å². The van der Waals surface area contributed by atoms with E-state index >= 15 is 0 Å². The van der Waals surface area contributed by atoms with Crippen molar-refractivity contribution in [3.05, 3.63) is 76.9 Å². The molecule has 0 unspecified atom stereocenters. The van der Waals surface area contributed by atoms with Crippen LogP contribution in [0.25, 0.3) is 0 Å². The summed E-state index contributed by atoms with van der Waals surface area (Å²) >= 11 is 0. The van der Waals surface area contributed by atoms with Gasteiger partial charge >= 0.3 is 0 Å². The minimum atomic E-state index is 0.370. The van der Waals surface area contributed by atoms with Gasteiger partial charge in [0, 0.05) is 24.1 Å². The molecule has 1 heterocycles. The Morgan fingerprint density at radius 2 is 1.80 bits per heavy atom. The summed E-state index contributed by atoms with van der Waals surface area (Å²) in [5.74, 6) is 7.53. The van der Waals surface area contributed by atoms with Crippen molar-refractivity contribution in [2.24, 2.45) is 46.3 Å². The molecule has 1 aliphatic heterocycles. The Labute approximate surface area is 287 Å². The maximum Gasteiger partial charge on any atom is 0.116 e. The van der Waals surface area contributed by atoms with Crippen LogP contribution in [-0.2, 0) is 19.4 Å². The van der Waals surface area contributed by atoms with Crippen molar-refractivity contribution in [2.75, 3.05) is 25.1 Å². The van der Waals surface area contributed by atoms with E-state index in [1.807, 2.05) is 6.07 Å². The molecule has 3 fully saturated rings. The number of benzene rings is 2. The lowest BCUT2D eigenvalue weighted by molar-refractivity contribution is -0.0820. The van der Waals surface area contributed by atoms with E-state index in [0.29, 0.717) is 28.5 Å². The van der Waals surface area contributed by atoms with Gasteiger partial charge in [-0.2, -0.15) is 0 Å². The molecule has 4 aliphatic carbocycles. The lowest BCUT2D eigenvalue weighted by atomic mass is 9.44. The predicted molar refractivity (Wildman–Crippen MR) is 198 cm³/mol. The monoisotopic (exact) mass is 658 g/mol. The molecule has 0 aromatic heterocycles. The lowest BCUT2D eigenvalue weighted by Gasteiger charge is -2.60. The highest BCUT2D eigenvalue weighted by Crippen LogP contribution is 2.67. The van der Waals surface area contributed by atoms with Crippen molar-refractivity contribution >= 4 is 21.6 Å². The number of aromatic hydroxyl groups is 1. The summed E-state index contributed by atoms with van der Waals surface area (Å²) in [5, 5.41) is 18.4. The zero-order valence-electron chi connectivity index (χ0n) is 28.6. The molecule has 46 heavy (non-hydrogen) atoms. The number of phenolic OH excluding ortho intramolecular Hbond substituents is 1. The smallest absolute Gasteiger partial charge is 0.116 e. The van der Waals surface area contributed by atoms with Crippen LogP contribution in [0.5, 0.6) is 5.75 Å². The van der Waals surface area contributed by atoms with Gasteiger partial charge in [-0.1, -0.05) is 71.0 Å². The molecule has 5 aliphatic rings. The molecular formula is C41H58N2OS2. The number of hydrogen-bond acceptors (Lipinski definition) is 5. The van der Waals surface area contributed by atoms with Crippen LogP contribution < -0.4 is 10.6 Å². The van der Waals surface area contributed by atoms with Gasteiger partial charge in [0.15, 0.2) is 0 Å². The molecule has 7 rings (SSSR count). The van der Waals surface area contributed by atoms with E-state index in [0.717, 1.165) is 54.7 Å². The summed E-state index contributed by atoms with van der Waals surface area (Å²) < 4.78 is 0. The number of allylic oxidation sites excluding steroid dienone is 2. The van der Waals surface area contributed by atoms with Crippen LogP contribution in [0, 0.1) is 46.3 Å². The zero-order valence-corrected chi connectivity index (χ0v) is 30.2. The summed E-state index contributed by atoms with van der Waals surface area (Å²) in [7, 11) is 6.38. The van der Waals surface area contributed by atoms with Crippen LogP contribution in [0.3, 0.4) is 0 Å². The standard InChI is InChI=1S/C41H58N2OS2/c1-28-7-6-11-41(20-28)27-40(12-10-30(21-40)23-42-3)22-38-36-15-32-13-31(17-37(44)18-32)14-34-8-4-5-9-35(34)24-43-29(2)25-45-46-26-33(16-36)19-39(38)41/h4-6,8-9,11,13,17-18,28-30,33,36,38-39,42-44H,7,10,12,14-16,19-27H2,1-3H3/t28-,29+,30+,33-,36-,38+,39-,40-,41-/m0/s1. The molecule has 3 nitrogen and oxygen atoms in total. The molecule has 2 aromatic carbocycles. The van der Waals surface area contributed by atoms with Gasteiger partial charge in [-0.25, -0.2) is 0 Å². The Balaban J connectivity index is 1.24. The quantitative estimate of drug-likeness (QED) is 0.222. The maximum atomic E-state index is 11.1. The molecule has 2 spiro atoms. The Hall–Kier alpha value is -1.40. The topological polar surface area (TPSA) is 44.3 Å². The molecule has 0 radical (unpaired) electrons. The molecule has 250 valence electrons. The Morgan fingerprint density at radius 1 is 0.978 bits per heavy atom. The van der Waals surface area contributed by atoms with E-state index in [2.05, 4.69) is 102 Å². The number of fused-ring (bicyclic) bond motifs is 8. The summed E-state index contributed by atoms with van der Waals surface area (Å²) in [6, 6.07) is 15.9. The van der Waals surface area contributed by atoms with Crippen molar-refractivity contribution in [3.63, 3.8) is 0 Å². The molecular weight excluding hydrogens is 601 g/mol. The van der Waals surface area contributed by atoms with E-state index in [1.54, 1.807) is 0 Å². The van der Waals surface area contributed by atoms with Gasteiger partial charge in [0.1, 0.15) is 5.75 Å². The molecule has 0 amide bonds. The van der Waals surface area contributed by atoms with E-state index in [-0.39, 0.29) is 0 Å². The van der Waals surface area contributed by atoms with Gasteiger partial charge in [-0.05, 0) is 172 Å². The summed E-state index contributed by atoms with van der Waals surface area (Å²) in [6.07, 6.45) is 19.9. The third-order valence-corrected chi connectivity index (χ3v) is 15.6. The normalized spacial score (nSPS) is 38.3. The van der Waals surface area contributed by atoms with Crippen molar-refractivity contribution in [1.82, 2.24) is 10.6 Å². The Morgan fingerprint density at radius 3 is 2.65 bits per heavy atom. The van der Waals surface area contributed by atoms with Gasteiger partial charge in [0.05, 0.1) is 0 Å². The maximum absolute atomic E-state index is 11.1. The molecule has 3 N–H and O–H groups in total. The predicted octanol–water partition coefficient (Wildman–Crippen LogP) is 9.43. The van der Waals surface area contributed by atoms with Gasteiger partial charge in [0.25, 0.3) is 0 Å². The molecule has 9 atom stereocenters. The van der Waals surface area contributed by atoms with Crippen molar-refractivity contribution in [3.8, 4) is 5.75 Å². The van der Waals surface area contributed by atoms with Crippen LogP contribution in [0.15, 0.2) is 54.6 Å². The Kier molecular flexibility index (Phi) is 10.2. The van der Waals surface area contributed by atoms with Crippen molar-refractivity contribution < 1.29 is 5.11 Å². The van der Waals surface area contributed by atoms with Crippen molar-refractivity contribution in [2.45, 2.75) is 97.1 Å². The number of phenols is 1. The average Bonchev–Trinajstić information content (AvgIpc) is 3.40. The largest absolute Gasteiger partial charge is 0.508 e. The first-order valence-electron chi connectivity index (χ1n) is 18.5.